The van der Waals surface area contributed by atoms with Crippen LogP contribution >= 0.6 is 27.5 Å². The average Bonchev–Trinajstić information content (AvgIpc) is 2.33. The van der Waals surface area contributed by atoms with Crippen molar-refractivity contribution in [3.8, 4) is 0 Å². The molecule has 0 aliphatic heterocycles. The molecule has 3 N–H and O–H groups in total. The lowest BCUT2D eigenvalue weighted by Gasteiger charge is -2.12. The molecule has 0 aromatic heterocycles. The second-order valence-corrected chi connectivity index (χ2v) is 7.01. The van der Waals surface area contributed by atoms with Gasteiger partial charge in [-0.05, 0) is 24.3 Å². The first-order valence-corrected chi connectivity index (χ1v) is 8.08. The summed E-state index contributed by atoms with van der Waals surface area (Å²) in [7, 11) is -4.16. The Morgan fingerprint density at radius 1 is 1.19 bits per heavy atom. The van der Waals surface area contributed by atoms with Gasteiger partial charge in [-0.3, -0.25) is 4.72 Å². The minimum absolute atomic E-state index is 0.0574. The van der Waals surface area contributed by atoms with Crippen molar-refractivity contribution in [3.63, 3.8) is 0 Å². The SMILES string of the molecule is Nc1cc(F)cc(F)c1NS(=O)(=O)c1ccc(Br)cc1Cl. The summed E-state index contributed by atoms with van der Waals surface area (Å²) in [5.74, 6) is -2.03. The van der Waals surface area contributed by atoms with E-state index in [-0.39, 0.29) is 15.6 Å². The number of benzene rings is 2. The summed E-state index contributed by atoms with van der Waals surface area (Å²) in [5, 5.41) is -0.0574. The van der Waals surface area contributed by atoms with Gasteiger partial charge in [0, 0.05) is 10.5 Å². The Labute approximate surface area is 133 Å². The van der Waals surface area contributed by atoms with Crippen molar-refractivity contribution in [3.05, 3.63) is 51.5 Å². The van der Waals surface area contributed by atoms with Crippen LogP contribution in [0, 0.1) is 11.6 Å². The number of hydrogen-bond donors (Lipinski definition) is 2. The number of rotatable bonds is 3. The van der Waals surface area contributed by atoms with Gasteiger partial charge in [-0.25, -0.2) is 17.2 Å². The van der Waals surface area contributed by atoms with Gasteiger partial charge in [-0.15, -0.1) is 0 Å². The van der Waals surface area contributed by atoms with E-state index in [1.807, 2.05) is 4.72 Å². The van der Waals surface area contributed by atoms with Crippen LogP contribution in [0.3, 0.4) is 0 Å². The number of anilines is 2. The highest BCUT2D eigenvalue weighted by atomic mass is 79.9. The third-order valence-corrected chi connectivity index (χ3v) is 4.83. The number of nitrogens with one attached hydrogen (secondary N) is 1. The molecule has 0 saturated carbocycles. The summed E-state index contributed by atoms with van der Waals surface area (Å²) in [5.41, 5.74) is 4.52. The topological polar surface area (TPSA) is 72.2 Å². The Morgan fingerprint density at radius 3 is 2.43 bits per heavy atom. The minimum atomic E-state index is -4.16. The van der Waals surface area contributed by atoms with Crippen LogP contribution in [0.4, 0.5) is 20.2 Å². The third-order valence-electron chi connectivity index (χ3n) is 2.51. The van der Waals surface area contributed by atoms with E-state index in [4.69, 9.17) is 17.3 Å². The monoisotopic (exact) mass is 396 g/mol. The van der Waals surface area contributed by atoms with Crippen molar-refractivity contribution in [1.82, 2.24) is 0 Å². The number of halogens is 4. The molecule has 0 unspecified atom stereocenters. The van der Waals surface area contributed by atoms with Gasteiger partial charge in [-0.2, -0.15) is 0 Å². The Hall–Kier alpha value is -1.38. The first-order valence-electron chi connectivity index (χ1n) is 5.43. The summed E-state index contributed by atoms with van der Waals surface area (Å²) in [6.45, 7) is 0. The predicted molar refractivity (Wildman–Crippen MR) is 80.7 cm³/mol. The van der Waals surface area contributed by atoms with Crippen molar-refractivity contribution < 1.29 is 17.2 Å². The maximum Gasteiger partial charge on any atom is 0.263 e. The van der Waals surface area contributed by atoms with Crippen LogP contribution < -0.4 is 10.5 Å². The second kappa shape index (κ2) is 5.78. The molecule has 112 valence electrons. The lowest BCUT2D eigenvalue weighted by molar-refractivity contribution is 0.583. The molecule has 2 aromatic rings. The molecule has 2 rings (SSSR count). The molecule has 0 radical (unpaired) electrons. The van der Waals surface area contributed by atoms with E-state index in [1.165, 1.54) is 18.2 Å². The molecule has 2 aromatic carbocycles. The van der Waals surface area contributed by atoms with Crippen molar-refractivity contribution in [2.75, 3.05) is 10.5 Å². The normalized spacial score (nSPS) is 11.4. The lowest BCUT2D eigenvalue weighted by atomic mass is 10.2. The highest BCUT2D eigenvalue weighted by molar-refractivity contribution is 9.10. The van der Waals surface area contributed by atoms with Gasteiger partial charge < -0.3 is 5.73 Å². The number of nitrogens with two attached hydrogens (primary N) is 1. The molecule has 0 aliphatic carbocycles. The Kier molecular flexibility index (Phi) is 4.40. The highest BCUT2D eigenvalue weighted by Gasteiger charge is 2.21. The van der Waals surface area contributed by atoms with Gasteiger partial charge in [0.15, 0.2) is 5.82 Å². The van der Waals surface area contributed by atoms with Crippen LogP contribution in [0.1, 0.15) is 0 Å². The number of hydrogen-bond acceptors (Lipinski definition) is 3. The molecular weight excluding hydrogens is 390 g/mol. The van der Waals surface area contributed by atoms with Crippen LogP contribution in [0.2, 0.25) is 5.02 Å². The molecule has 0 bridgehead atoms. The molecule has 21 heavy (non-hydrogen) atoms. The van der Waals surface area contributed by atoms with E-state index in [2.05, 4.69) is 15.9 Å². The first kappa shape index (κ1) is 16.0. The van der Waals surface area contributed by atoms with E-state index in [0.717, 1.165) is 6.07 Å². The van der Waals surface area contributed by atoms with E-state index >= 15 is 0 Å². The molecule has 9 heteroatoms. The standard InChI is InChI=1S/C12H8BrClF2N2O2S/c13-6-1-2-11(8(14)3-6)21(19,20)18-12-9(16)4-7(15)5-10(12)17/h1-5,18H,17H2. The highest BCUT2D eigenvalue weighted by Crippen LogP contribution is 2.30. The van der Waals surface area contributed by atoms with Crippen LogP contribution in [-0.2, 0) is 10.0 Å². The van der Waals surface area contributed by atoms with Crippen molar-refractivity contribution in [2.45, 2.75) is 4.90 Å². The molecule has 0 saturated heterocycles. The zero-order valence-electron chi connectivity index (χ0n) is 10.2. The maximum atomic E-state index is 13.6. The van der Waals surface area contributed by atoms with Gasteiger partial charge in [0.25, 0.3) is 10.0 Å². The van der Waals surface area contributed by atoms with Gasteiger partial charge >= 0.3 is 0 Å². The predicted octanol–water partition coefficient (Wildman–Crippen LogP) is 3.76. The molecule has 0 atom stereocenters. The lowest BCUT2D eigenvalue weighted by Crippen LogP contribution is -2.16. The number of nitrogen functional groups attached to an aromatic ring is 1. The summed E-state index contributed by atoms with van der Waals surface area (Å²) in [4.78, 5) is -0.254. The third kappa shape index (κ3) is 3.45. The van der Waals surface area contributed by atoms with Gasteiger partial charge in [0.05, 0.1) is 10.7 Å². The smallest absolute Gasteiger partial charge is 0.263 e. The molecule has 0 aliphatic rings. The zero-order valence-corrected chi connectivity index (χ0v) is 13.4. The molecule has 0 spiro atoms. The van der Waals surface area contributed by atoms with Gasteiger partial charge in [0.1, 0.15) is 16.4 Å². The summed E-state index contributed by atoms with van der Waals surface area (Å²) >= 11 is 8.99. The van der Waals surface area contributed by atoms with Crippen molar-refractivity contribution >= 4 is 48.9 Å². The zero-order chi connectivity index (χ0) is 15.8. The minimum Gasteiger partial charge on any atom is -0.397 e. The summed E-state index contributed by atoms with van der Waals surface area (Å²) in [6, 6.07) is 5.42. The molecule has 0 fully saturated rings. The molecule has 4 nitrogen and oxygen atoms in total. The Balaban J connectivity index is 2.47. The van der Waals surface area contributed by atoms with E-state index in [9.17, 15) is 17.2 Å². The maximum absolute atomic E-state index is 13.6. The average molecular weight is 398 g/mol. The Morgan fingerprint density at radius 2 is 1.86 bits per heavy atom. The number of sulfonamides is 1. The van der Waals surface area contributed by atoms with Crippen molar-refractivity contribution in [2.24, 2.45) is 0 Å². The van der Waals surface area contributed by atoms with E-state index < -0.39 is 27.3 Å². The van der Waals surface area contributed by atoms with E-state index in [0.29, 0.717) is 10.5 Å². The van der Waals surface area contributed by atoms with Crippen LogP contribution in [0.25, 0.3) is 0 Å². The van der Waals surface area contributed by atoms with Gasteiger partial charge in [-0.1, -0.05) is 27.5 Å². The molecule has 0 amide bonds. The second-order valence-electron chi connectivity index (χ2n) is 4.03. The molecular formula is C12H8BrClF2N2O2S. The van der Waals surface area contributed by atoms with E-state index in [1.54, 1.807) is 0 Å². The fraction of sp³-hybridized carbons (Fsp3) is 0. The fourth-order valence-electron chi connectivity index (χ4n) is 1.58. The van der Waals surface area contributed by atoms with Crippen LogP contribution in [0.5, 0.6) is 0 Å². The van der Waals surface area contributed by atoms with Crippen molar-refractivity contribution in [1.29, 1.82) is 0 Å². The largest absolute Gasteiger partial charge is 0.397 e. The quantitative estimate of drug-likeness (QED) is 0.775. The first-order chi connectivity index (χ1) is 9.70. The Bertz CT molecular complexity index is 792. The molecule has 0 heterocycles. The van der Waals surface area contributed by atoms with Gasteiger partial charge in [0.2, 0.25) is 0 Å². The summed E-state index contributed by atoms with van der Waals surface area (Å²) in [6.07, 6.45) is 0. The fourth-order valence-corrected chi connectivity index (χ4v) is 3.72. The van der Waals surface area contributed by atoms with Crippen LogP contribution in [0.15, 0.2) is 39.7 Å². The van der Waals surface area contributed by atoms with Crippen LogP contribution in [-0.4, -0.2) is 8.42 Å². The summed E-state index contributed by atoms with van der Waals surface area (Å²) < 4.78 is 53.5.